The van der Waals surface area contributed by atoms with E-state index >= 15 is 0 Å². The maximum Gasteiger partial charge on any atom is 0.287 e. The third-order valence-electron chi connectivity index (χ3n) is 5.18. The Kier molecular flexibility index (Phi) is 7.41. The molecule has 8 nitrogen and oxygen atoms in total. The Balaban J connectivity index is 1.67. The van der Waals surface area contributed by atoms with E-state index in [1.807, 2.05) is 0 Å². The van der Waals surface area contributed by atoms with Gasteiger partial charge < -0.3 is 9.73 Å². The van der Waals surface area contributed by atoms with Crippen molar-refractivity contribution in [2.75, 3.05) is 7.05 Å². The van der Waals surface area contributed by atoms with Crippen LogP contribution in [0.3, 0.4) is 0 Å². The van der Waals surface area contributed by atoms with Crippen molar-refractivity contribution in [3.63, 3.8) is 0 Å². The minimum Gasteiger partial charge on any atom is -0.459 e. The van der Waals surface area contributed by atoms with Gasteiger partial charge in [0.1, 0.15) is 0 Å². The largest absolute Gasteiger partial charge is 0.459 e. The molecule has 176 valence electrons. The summed E-state index contributed by atoms with van der Waals surface area (Å²) in [4.78, 5) is 12.9. The number of benzene rings is 2. The highest BCUT2D eigenvalue weighted by atomic mass is 32.2. The molecule has 0 atom stereocenters. The third kappa shape index (κ3) is 5.70. The van der Waals surface area contributed by atoms with Crippen molar-refractivity contribution >= 4 is 25.8 Å². The number of hydrogen-bond acceptors (Lipinski definition) is 6. The molecule has 33 heavy (non-hydrogen) atoms. The second-order valence-corrected chi connectivity index (χ2v) is 11.8. The first-order valence-electron chi connectivity index (χ1n) is 10.2. The van der Waals surface area contributed by atoms with Gasteiger partial charge in [-0.1, -0.05) is 30.3 Å². The fourth-order valence-corrected chi connectivity index (χ4v) is 5.79. The summed E-state index contributed by atoms with van der Waals surface area (Å²) < 4.78 is 56.9. The molecule has 10 heteroatoms. The van der Waals surface area contributed by atoms with Crippen LogP contribution in [-0.2, 0) is 32.2 Å². The number of hydrogen-bond donors (Lipinski definition) is 1. The quantitative estimate of drug-likeness (QED) is 0.493. The van der Waals surface area contributed by atoms with Crippen molar-refractivity contribution in [3.05, 3.63) is 83.8 Å². The second kappa shape index (κ2) is 9.90. The van der Waals surface area contributed by atoms with Crippen molar-refractivity contribution < 1.29 is 26.0 Å². The number of amides is 1. The zero-order valence-electron chi connectivity index (χ0n) is 18.6. The molecular formula is C23H26N2O6S2. The van der Waals surface area contributed by atoms with Gasteiger partial charge in [-0.05, 0) is 49.7 Å². The molecule has 0 aliphatic carbocycles. The summed E-state index contributed by atoms with van der Waals surface area (Å²) in [5.41, 5.74) is 0.939. The van der Waals surface area contributed by atoms with E-state index in [4.69, 9.17) is 4.42 Å². The van der Waals surface area contributed by atoms with E-state index < -0.39 is 25.8 Å². The monoisotopic (exact) mass is 490 g/mol. The average Bonchev–Trinajstić information content (AvgIpc) is 3.25. The normalized spacial score (nSPS) is 12.3. The Morgan fingerprint density at radius 3 is 2.18 bits per heavy atom. The number of sulfone groups is 1. The summed E-state index contributed by atoms with van der Waals surface area (Å²) >= 11 is 0. The lowest BCUT2D eigenvalue weighted by atomic mass is 10.2. The fourth-order valence-electron chi connectivity index (χ4n) is 3.05. The summed E-state index contributed by atoms with van der Waals surface area (Å²) in [6.07, 6.45) is 1.27. The first kappa shape index (κ1) is 24.7. The predicted molar refractivity (Wildman–Crippen MR) is 124 cm³/mol. The molecule has 1 aromatic heterocycles. The van der Waals surface area contributed by atoms with E-state index in [1.54, 1.807) is 44.2 Å². The van der Waals surface area contributed by atoms with Gasteiger partial charge in [0.15, 0.2) is 15.6 Å². The minimum absolute atomic E-state index is 0.0766. The van der Waals surface area contributed by atoms with Crippen LogP contribution in [0.25, 0.3) is 0 Å². The fraction of sp³-hybridized carbons (Fsp3) is 0.261. The minimum atomic E-state index is -3.64. The van der Waals surface area contributed by atoms with Crippen LogP contribution in [0.1, 0.15) is 35.5 Å². The number of rotatable bonds is 9. The molecule has 0 fully saturated rings. The molecule has 1 heterocycles. The molecule has 3 rings (SSSR count). The molecule has 3 aromatic rings. The second-order valence-electron chi connectivity index (χ2n) is 7.79. The van der Waals surface area contributed by atoms with Gasteiger partial charge in [-0.15, -0.1) is 0 Å². The van der Waals surface area contributed by atoms with Gasteiger partial charge in [0, 0.05) is 25.2 Å². The van der Waals surface area contributed by atoms with Crippen LogP contribution in [-0.4, -0.2) is 40.1 Å². The Morgan fingerprint density at radius 2 is 1.58 bits per heavy atom. The average molecular weight is 491 g/mol. The molecule has 1 amide bonds. The van der Waals surface area contributed by atoms with Gasteiger partial charge in [0.05, 0.1) is 21.8 Å². The van der Waals surface area contributed by atoms with E-state index in [2.05, 4.69) is 5.32 Å². The number of carbonyl (C=O) groups excluding carboxylic acids is 1. The maximum atomic E-state index is 12.6. The highest BCUT2D eigenvalue weighted by molar-refractivity contribution is 7.90. The molecule has 0 saturated heterocycles. The van der Waals surface area contributed by atoms with E-state index in [-0.39, 0.29) is 39.5 Å². The Hall–Kier alpha value is -2.95. The van der Waals surface area contributed by atoms with Crippen molar-refractivity contribution in [3.8, 4) is 0 Å². The summed E-state index contributed by atoms with van der Waals surface area (Å²) in [6, 6.07) is 15.5. The van der Waals surface area contributed by atoms with Gasteiger partial charge in [-0.25, -0.2) is 16.8 Å². The number of furan rings is 1. The van der Waals surface area contributed by atoms with Crippen LogP contribution in [0.15, 0.2) is 81.1 Å². The highest BCUT2D eigenvalue weighted by Gasteiger charge is 2.24. The molecule has 0 aliphatic rings. The number of sulfonamides is 1. The number of nitrogens with one attached hydrogen (secondary N) is 1. The standard InChI is InChI=1S/C23H26N2O6S2/c1-17(2)25(3)33(29,30)21-11-9-18(10-12-21)15-24-23(26)22-19(13-14-31-22)16-32(27,28)20-7-5-4-6-8-20/h4-14,17H,15-16H2,1-3H3,(H,24,26). The Bertz CT molecular complexity index is 1310. The van der Waals surface area contributed by atoms with Crippen LogP contribution in [0.4, 0.5) is 0 Å². The van der Waals surface area contributed by atoms with Gasteiger partial charge in [0.2, 0.25) is 10.0 Å². The lowest BCUT2D eigenvalue weighted by Crippen LogP contribution is -2.33. The highest BCUT2D eigenvalue weighted by Crippen LogP contribution is 2.20. The Labute approximate surface area is 194 Å². The third-order valence-corrected chi connectivity index (χ3v) is 8.91. The number of carbonyl (C=O) groups is 1. The van der Waals surface area contributed by atoms with E-state index in [9.17, 15) is 21.6 Å². The lowest BCUT2D eigenvalue weighted by molar-refractivity contribution is 0.0922. The van der Waals surface area contributed by atoms with E-state index in [1.165, 1.54) is 47.9 Å². The van der Waals surface area contributed by atoms with Crippen molar-refractivity contribution in [1.29, 1.82) is 0 Å². The lowest BCUT2D eigenvalue weighted by Gasteiger charge is -2.21. The molecule has 1 N–H and O–H groups in total. The van der Waals surface area contributed by atoms with E-state index in [0.29, 0.717) is 5.56 Å². The van der Waals surface area contributed by atoms with Crippen molar-refractivity contribution in [1.82, 2.24) is 9.62 Å². The molecule has 0 aliphatic heterocycles. The summed E-state index contributed by atoms with van der Waals surface area (Å²) in [6.45, 7) is 3.69. The van der Waals surface area contributed by atoms with Gasteiger partial charge >= 0.3 is 0 Å². The van der Waals surface area contributed by atoms with Crippen LogP contribution in [0, 0.1) is 0 Å². The van der Waals surface area contributed by atoms with Crippen molar-refractivity contribution in [2.24, 2.45) is 0 Å². The van der Waals surface area contributed by atoms with E-state index in [0.717, 1.165) is 0 Å². The van der Waals surface area contributed by atoms with Crippen LogP contribution in [0.2, 0.25) is 0 Å². The zero-order valence-corrected chi connectivity index (χ0v) is 20.2. The zero-order chi connectivity index (χ0) is 24.2. The van der Waals surface area contributed by atoms with Gasteiger partial charge in [0.25, 0.3) is 5.91 Å². The topological polar surface area (TPSA) is 114 Å². The first-order valence-corrected chi connectivity index (χ1v) is 13.3. The van der Waals surface area contributed by atoms with Crippen LogP contribution < -0.4 is 5.32 Å². The predicted octanol–water partition coefficient (Wildman–Crippen LogP) is 3.21. The molecule has 0 radical (unpaired) electrons. The Morgan fingerprint density at radius 1 is 0.939 bits per heavy atom. The van der Waals surface area contributed by atoms with Gasteiger partial charge in [-0.3, -0.25) is 4.79 Å². The first-order chi connectivity index (χ1) is 15.5. The maximum absolute atomic E-state index is 12.6. The van der Waals surface area contributed by atoms with Gasteiger partial charge in [-0.2, -0.15) is 4.31 Å². The van der Waals surface area contributed by atoms with Crippen LogP contribution in [0.5, 0.6) is 0 Å². The molecule has 0 spiro atoms. The van der Waals surface area contributed by atoms with Crippen molar-refractivity contribution in [2.45, 2.75) is 42.0 Å². The summed E-state index contributed by atoms with van der Waals surface area (Å²) in [5, 5.41) is 2.68. The smallest absolute Gasteiger partial charge is 0.287 e. The molecule has 0 unspecified atom stereocenters. The molecule has 0 saturated carbocycles. The van der Waals surface area contributed by atoms with Crippen LogP contribution >= 0.6 is 0 Å². The summed E-state index contributed by atoms with van der Waals surface area (Å²) in [5.74, 6) is -1.01. The summed E-state index contributed by atoms with van der Waals surface area (Å²) in [7, 11) is -5.71. The number of nitrogens with zero attached hydrogens (tertiary/aromatic N) is 1. The molecular weight excluding hydrogens is 464 g/mol. The SMILES string of the molecule is CC(C)N(C)S(=O)(=O)c1ccc(CNC(=O)c2occc2CS(=O)(=O)c2ccccc2)cc1. The molecule has 2 aromatic carbocycles. The molecule has 0 bridgehead atoms.